The molecule has 1 aromatic rings. The monoisotopic (exact) mass is 211 g/mol. The quantitative estimate of drug-likeness (QED) is 0.721. The molecular formula is C9H17N5O. The average Bonchev–Trinajstić information content (AvgIpc) is 2.64. The molecular weight excluding hydrogens is 194 g/mol. The Morgan fingerprint density at radius 2 is 2.00 bits per heavy atom. The molecule has 1 fully saturated rings. The van der Waals surface area contributed by atoms with Gasteiger partial charge in [-0.3, -0.25) is 0 Å². The number of hydrogen-bond donors (Lipinski definition) is 2. The molecule has 2 heterocycles. The number of hydrogen-bond acceptors (Lipinski definition) is 5. The zero-order valence-electron chi connectivity index (χ0n) is 9.32. The van der Waals surface area contributed by atoms with Gasteiger partial charge in [-0.1, -0.05) is 0 Å². The van der Waals surface area contributed by atoms with Crippen LogP contribution in [0.4, 0.5) is 5.95 Å². The lowest BCUT2D eigenvalue weighted by molar-refractivity contribution is 0.380. The number of methoxy groups -OCH3 is 1. The highest BCUT2D eigenvalue weighted by Gasteiger charge is 2.23. The van der Waals surface area contributed by atoms with Gasteiger partial charge in [0.1, 0.15) is 0 Å². The summed E-state index contributed by atoms with van der Waals surface area (Å²) >= 11 is 0. The van der Waals surface area contributed by atoms with E-state index in [0.29, 0.717) is 18.1 Å². The van der Waals surface area contributed by atoms with E-state index in [0.717, 1.165) is 19.0 Å². The number of aromatic nitrogens is 3. The largest absolute Gasteiger partial charge is 0.466 e. The molecule has 0 saturated carbocycles. The smallest absolute Gasteiger partial charge is 0.336 e. The van der Waals surface area contributed by atoms with E-state index in [1.165, 1.54) is 0 Å². The van der Waals surface area contributed by atoms with Gasteiger partial charge < -0.3 is 15.0 Å². The van der Waals surface area contributed by atoms with Gasteiger partial charge in [-0.25, -0.2) is 5.10 Å². The van der Waals surface area contributed by atoms with Crippen molar-refractivity contribution in [3.05, 3.63) is 0 Å². The molecule has 0 amide bonds. The first-order chi connectivity index (χ1) is 7.19. The van der Waals surface area contributed by atoms with E-state index in [4.69, 9.17) is 4.74 Å². The number of aromatic amines is 1. The standard InChI is InChI=1S/C9H17N5O/c1-6-4-14(5-7(2)10-6)8-11-9(15-3)13-12-8/h6-7,10H,4-5H2,1-3H3,(H,11,12,13). The van der Waals surface area contributed by atoms with Gasteiger partial charge in [0.15, 0.2) is 0 Å². The second-order valence-electron chi connectivity index (χ2n) is 4.02. The third-order valence-corrected chi connectivity index (χ3v) is 2.49. The fourth-order valence-corrected chi connectivity index (χ4v) is 1.97. The van der Waals surface area contributed by atoms with Crippen molar-refractivity contribution in [2.45, 2.75) is 25.9 Å². The van der Waals surface area contributed by atoms with Gasteiger partial charge in [0, 0.05) is 25.2 Å². The SMILES string of the molecule is COc1n[nH]c(N2CC(C)NC(C)C2)n1. The fraction of sp³-hybridized carbons (Fsp3) is 0.778. The highest BCUT2D eigenvalue weighted by molar-refractivity contribution is 5.31. The molecule has 1 aliphatic rings. The van der Waals surface area contributed by atoms with E-state index in [2.05, 4.69) is 39.2 Å². The minimum absolute atomic E-state index is 0.392. The molecule has 6 heteroatoms. The topological polar surface area (TPSA) is 66.1 Å². The van der Waals surface area contributed by atoms with Crippen LogP contribution in [0.15, 0.2) is 0 Å². The number of piperazine rings is 1. The lowest BCUT2D eigenvalue weighted by Gasteiger charge is -2.35. The first kappa shape index (κ1) is 10.2. The molecule has 0 aliphatic carbocycles. The Bertz CT molecular complexity index is 316. The Labute approximate surface area is 89.0 Å². The van der Waals surface area contributed by atoms with E-state index >= 15 is 0 Å². The van der Waals surface area contributed by atoms with Crippen molar-refractivity contribution in [2.75, 3.05) is 25.1 Å². The average molecular weight is 211 g/mol. The number of nitrogens with one attached hydrogen (secondary N) is 2. The Morgan fingerprint density at radius 3 is 2.53 bits per heavy atom. The summed E-state index contributed by atoms with van der Waals surface area (Å²) < 4.78 is 4.94. The van der Waals surface area contributed by atoms with Crippen molar-refractivity contribution in [1.82, 2.24) is 20.5 Å². The maximum atomic E-state index is 4.94. The predicted molar refractivity (Wildman–Crippen MR) is 57.2 cm³/mol. The molecule has 0 bridgehead atoms. The Morgan fingerprint density at radius 1 is 1.33 bits per heavy atom. The molecule has 6 nitrogen and oxygen atoms in total. The number of anilines is 1. The van der Waals surface area contributed by atoms with Crippen molar-refractivity contribution in [3.8, 4) is 6.01 Å². The molecule has 2 atom stereocenters. The highest BCUT2D eigenvalue weighted by Crippen LogP contribution is 2.14. The second-order valence-corrected chi connectivity index (χ2v) is 4.02. The van der Waals surface area contributed by atoms with Gasteiger partial charge >= 0.3 is 6.01 Å². The van der Waals surface area contributed by atoms with Gasteiger partial charge in [0.25, 0.3) is 0 Å². The maximum Gasteiger partial charge on any atom is 0.336 e. The third-order valence-electron chi connectivity index (χ3n) is 2.49. The molecule has 0 spiro atoms. The molecule has 15 heavy (non-hydrogen) atoms. The molecule has 2 N–H and O–H groups in total. The fourth-order valence-electron chi connectivity index (χ4n) is 1.97. The zero-order valence-corrected chi connectivity index (χ0v) is 9.32. The van der Waals surface area contributed by atoms with Crippen LogP contribution in [-0.2, 0) is 0 Å². The van der Waals surface area contributed by atoms with Crippen molar-refractivity contribution in [2.24, 2.45) is 0 Å². The van der Waals surface area contributed by atoms with Crippen LogP contribution in [0, 0.1) is 0 Å². The molecule has 0 aromatic carbocycles. The summed E-state index contributed by atoms with van der Waals surface area (Å²) in [6.45, 7) is 6.19. The molecule has 2 unspecified atom stereocenters. The summed E-state index contributed by atoms with van der Waals surface area (Å²) in [5.41, 5.74) is 0. The van der Waals surface area contributed by atoms with Crippen molar-refractivity contribution in [1.29, 1.82) is 0 Å². The molecule has 2 rings (SSSR count). The van der Waals surface area contributed by atoms with Crippen LogP contribution < -0.4 is 15.0 Å². The second kappa shape index (κ2) is 4.06. The lowest BCUT2D eigenvalue weighted by atomic mass is 10.1. The van der Waals surface area contributed by atoms with E-state index in [1.807, 2.05) is 0 Å². The minimum atomic E-state index is 0.392. The van der Waals surface area contributed by atoms with Crippen LogP contribution >= 0.6 is 0 Å². The Balaban J connectivity index is 2.09. The summed E-state index contributed by atoms with van der Waals surface area (Å²) in [7, 11) is 1.57. The van der Waals surface area contributed by atoms with Gasteiger partial charge in [-0.2, -0.15) is 4.98 Å². The summed E-state index contributed by atoms with van der Waals surface area (Å²) in [6, 6.07) is 1.32. The summed E-state index contributed by atoms with van der Waals surface area (Å²) in [6.07, 6.45) is 0. The number of rotatable bonds is 2. The van der Waals surface area contributed by atoms with Crippen LogP contribution in [0.1, 0.15) is 13.8 Å². The van der Waals surface area contributed by atoms with Crippen LogP contribution in [0.3, 0.4) is 0 Å². The third kappa shape index (κ3) is 2.20. The van der Waals surface area contributed by atoms with Gasteiger partial charge in [0.05, 0.1) is 7.11 Å². The summed E-state index contributed by atoms with van der Waals surface area (Å²) in [4.78, 5) is 6.41. The van der Waals surface area contributed by atoms with Crippen LogP contribution in [-0.4, -0.2) is 47.5 Å². The highest BCUT2D eigenvalue weighted by atomic mass is 16.5. The molecule has 1 saturated heterocycles. The lowest BCUT2D eigenvalue weighted by Crippen LogP contribution is -2.54. The van der Waals surface area contributed by atoms with Gasteiger partial charge in [0.2, 0.25) is 5.95 Å². The number of ether oxygens (including phenoxy) is 1. The van der Waals surface area contributed by atoms with E-state index < -0.39 is 0 Å². The zero-order chi connectivity index (χ0) is 10.8. The molecule has 0 radical (unpaired) electrons. The van der Waals surface area contributed by atoms with Crippen molar-refractivity contribution in [3.63, 3.8) is 0 Å². The predicted octanol–water partition coefficient (Wildman–Crippen LogP) is -0.0001000. The first-order valence-electron chi connectivity index (χ1n) is 5.16. The normalized spacial score (nSPS) is 26.7. The minimum Gasteiger partial charge on any atom is -0.466 e. The van der Waals surface area contributed by atoms with Crippen LogP contribution in [0.2, 0.25) is 0 Å². The maximum absolute atomic E-state index is 4.94. The van der Waals surface area contributed by atoms with Crippen molar-refractivity contribution >= 4 is 5.95 Å². The number of nitrogens with zero attached hydrogens (tertiary/aromatic N) is 3. The van der Waals surface area contributed by atoms with Crippen LogP contribution in [0.5, 0.6) is 6.01 Å². The summed E-state index contributed by atoms with van der Waals surface area (Å²) in [5.74, 6) is 0.784. The Hall–Kier alpha value is -1.30. The Kier molecular flexibility index (Phi) is 2.77. The molecule has 84 valence electrons. The van der Waals surface area contributed by atoms with Gasteiger partial charge in [-0.15, -0.1) is 5.10 Å². The van der Waals surface area contributed by atoms with Gasteiger partial charge in [-0.05, 0) is 13.8 Å². The van der Waals surface area contributed by atoms with E-state index in [9.17, 15) is 0 Å². The van der Waals surface area contributed by atoms with E-state index in [-0.39, 0.29) is 0 Å². The molecule has 1 aliphatic heterocycles. The summed E-state index contributed by atoms with van der Waals surface area (Å²) in [5, 5.41) is 10.3. The van der Waals surface area contributed by atoms with E-state index in [1.54, 1.807) is 7.11 Å². The molecule has 1 aromatic heterocycles. The van der Waals surface area contributed by atoms with Crippen LogP contribution in [0.25, 0.3) is 0 Å². The number of H-pyrrole nitrogens is 1. The first-order valence-corrected chi connectivity index (χ1v) is 5.16. The van der Waals surface area contributed by atoms with Crippen molar-refractivity contribution < 1.29 is 4.74 Å².